The number of ketones is 1. The maximum absolute atomic E-state index is 13.5. The molecule has 6 rings (SSSR count). The molecule has 1 fully saturated rings. The van der Waals surface area contributed by atoms with Gasteiger partial charge in [0.2, 0.25) is 0 Å². The molecule has 0 bridgehead atoms. The number of ether oxygens (including phenoxy) is 3. The molecular formula is C36H40N2O4. The van der Waals surface area contributed by atoms with Gasteiger partial charge in [0.25, 0.3) is 0 Å². The molecule has 218 valence electrons. The van der Waals surface area contributed by atoms with Crippen molar-refractivity contribution in [1.82, 2.24) is 9.88 Å². The molecule has 0 spiro atoms. The summed E-state index contributed by atoms with van der Waals surface area (Å²) in [6.07, 6.45) is 4.05. The van der Waals surface area contributed by atoms with E-state index in [-0.39, 0.29) is 17.6 Å². The van der Waals surface area contributed by atoms with Gasteiger partial charge in [0, 0.05) is 35.0 Å². The Hall–Kier alpha value is -3.90. The van der Waals surface area contributed by atoms with E-state index in [4.69, 9.17) is 19.2 Å². The van der Waals surface area contributed by atoms with Crippen LogP contribution in [0.5, 0.6) is 17.2 Å². The number of pyridine rings is 1. The highest BCUT2D eigenvalue weighted by Crippen LogP contribution is 2.40. The summed E-state index contributed by atoms with van der Waals surface area (Å²) in [5.41, 5.74) is 5.12. The molecule has 2 heterocycles. The first-order chi connectivity index (χ1) is 20.5. The first-order valence-corrected chi connectivity index (χ1v) is 15.1. The molecule has 2 unspecified atom stereocenters. The molecule has 42 heavy (non-hydrogen) atoms. The van der Waals surface area contributed by atoms with E-state index >= 15 is 0 Å². The molecular weight excluding hydrogens is 524 g/mol. The van der Waals surface area contributed by atoms with Crippen LogP contribution in [0.2, 0.25) is 0 Å². The summed E-state index contributed by atoms with van der Waals surface area (Å²) >= 11 is 0. The van der Waals surface area contributed by atoms with E-state index in [1.165, 1.54) is 5.56 Å². The number of fused-ring (bicyclic) bond motifs is 2. The van der Waals surface area contributed by atoms with Gasteiger partial charge >= 0.3 is 0 Å². The van der Waals surface area contributed by atoms with E-state index in [1.807, 2.05) is 36.4 Å². The van der Waals surface area contributed by atoms with Crippen LogP contribution in [-0.2, 0) is 13.0 Å². The summed E-state index contributed by atoms with van der Waals surface area (Å²) in [5.74, 6) is 3.08. The van der Waals surface area contributed by atoms with Crippen molar-refractivity contribution < 1.29 is 19.0 Å². The smallest absolute Gasteiger partial charge is 0.166 e. The fourth-order valence-electron chi connectivity index (χ4n) is 6.49. The highest BCUT2D eigenvalue weighted by molar-refractivity contribution is 6.03. The third kappa shape index (κ3) is 6.14. The van der Waals surface area contributed by atoms with Crippen LogP contribution in [0.15, 0.2) is 72.8 Å². The lowest BCUT2D eigenvalue weighted by atomic mass is 9.85. The quantitative estimate of drug-likeness (QED) is 0.205. The zero-order valence-corrected chi connectivity index (χ0v) is 24.8. The predicted molar refractivity (Wildman–Crippen MR) is 166 cm³/mol. The van der Waals surface area contributed by atoms with Crippen LogP contribution in [-0.4, -0.2) is 49.6 Å². The zero-order chi connectivity index (χ0) is 29.1. The Morgan fingerprint density at radius 3 is 2.50 bits per heavy atom. The first kappa shape index (κ1) is 28.2. The van der Waals surface area contributed by atoms with Crippen LogP contribution in [0.4, 0.5) is 0 Å². The second-order valence-corrected chi connectivity index (χ2v) is 11.9. The molecule has 1 aliphatic heterocycles. The van der Waals surface area contributed by atoms with Gasteiger partial charge in [0.1, 0.15) is 5.75 Å². The zero-order valence-electron chi connectivity index (χ0n) is 24.8. The van der Waals surface area contributed by atoms with Crippen LogP contribution < -0.4 is 14.2 Å². The number of carbonyl (C=O) groups excluding carboxylic acids is 1. The molecule has 6 nitrogen and oxygen atoms in total. The third-order valence-electron chi connectivity index (χ3n) is 8.98. The summed E-state index contributed by atoms with van der Waals surface area (Å²) in [7, 11) is 3.33. The number of aromatic nitrogens is 1. The van der Waals surface area contributed by atoms with Gasteiger partial charge in [0.15, 0.2) is 17.3 Å². The fourth-order valence-corrected chi connectivity index (χ4v) is 6.49. The molecule has 6 heteroatoms. The molecule has 3 aromatic carbocycles. The SMILES string of the molecule is COc1ccc2nc(C(C)COc3cc4c(cc3OC)CC(CC3CCN(Cc5ccccc5)CC3)C4=O)ccc2c1. The largest absolute Gasteiger partial charge is 0.497 e. The van der Waals surface area contributed by atoms with E-state index in [1.54, 1.807) is 14.2 Å². The van der Waals surface area contributed by atoms with E-state index < -0.39 is 0 Å². The average Bonchev–Trinajstić information content (AvgIpc) is 3.33. The Labute approximate surface area is 248 Å². The van der Waals surface area contributed by atoms with Crippen LogP contribution >= 0.6 is 0 Å². The number of benzene rings is 3. The molecule has 1 aromatic heterocycles. The van der Waals surface area contributed by atoms with Gasteiger partial charge in [-0.2, -0.15) is 0 Å². The second kappa shape index (κ2) is 12.5. The number of likely N-dealkylation sites (tertiary alicyclic amines) is 1. The minimum absolute atomic E-state index is 0.0463. The van der Waals surface area contributed by atoms with E-state index in [0.29, 0.717) is 24.0 Å². The average molecular weight is 565 g/mol. The normalized spacial score (nSPS) is 18.2. The van der Waals surface area contributed by atoms with E-state index in [9.17, 15) is 4.79 Å². The Morgan fingerprint density at radius 2 is 1.74 bits per heavy atom. The van der Waals surface area contributed by atoms with Crippen molar-refractivity contribution >= 4 is 16.7 Å². The number of hydrogen-bond acceptors (Lipinski definition) is 6. The van der Waals surface area contributed by atoms with Gasteiger partial charge in [-0.25, -0.2) is 0 Å². The van der Waals surface area contributed by atoms with Crippen molar-refractivity contribution in [2.24, 2.45) is 11.8 Å². The lowest BCUT2D eigenvalue weighted by Gasteiger charge is -2.32. The predicted octanol–water partition coefficient (Wildman–Crippen LogP) is 7.09. The van der Waals surface area contributed by atoms with Crippen molar-refractivity contribution in [3.05, 3.63) is 95.2 Å². The Balaban J connectivity index is 1.06. The molecule has 2 aliphatic rings. The van der Waals surface area contributed by atoms with E-state index in [0.717, 1.165) is 78.8 Å². The number of Topliss-reactive ketones (excluding diaryl/α,β-unsaturated/α-hetero) is 1. The van der Waals surface area contributed by atoms with Gasteiger partial charge in [0.05, 0.1) is 26.3 Å². The van der Waals surface area contributed by atoms with Gasteiger partial charge in [-0.05, 0) is 92.2 Å². The van der Waals surface area contributed by atoms with Crippen molar-refractivity contribution in [3.8, 4) is 17.2 Å². The van der Waals surface area contributed by atoms with Gasteiger partial charge < -0.3 is 14.2 Å². The van der Waals surface area contributed by atoms with Crippen molar-refractivity contribution in [3.63, 3.8) is 0 Å². The van der Waals surface area contributed by atoms with Gasteiger partial charge in [-0.15, -0.1) is 0 Å². The van der Waals surface area contributed by atoms with Crippen molar-refractivity contribution in [2.45, 2.75) is 45.1 Å². The van der Waals surface area contributed by atoms with Crippen LogP contribution in [0, 0.1) is 11.8 Å². The highest BCUT2D eigenvalue weighted by atomic mass is 16.5. The van der Waals surface area contributed by atoms with Gasteiger partial charge in [-0.3, -0.25) is 14.7 Å². The monoisotopic (exact) mass is 564 g/mol. The van der Waals surface area contributed by atoms with E-state index in [2.05, 4.69) is 48.2 Å². The number of rotatable bonds is 10. The molecule has 4 aromatic rings. The standard InChI is InChI=1S/C36H40N2O4/c1-24(32-11-9-27-19-30(40-2)10-12-33(27)37-32)23-42-35-21-31-28(20-34(35)41-3)18-29(36(31)39)17-25-13-15-38(16-14-25)22-26-7-5-4-6-8-26/h4-12,19-21,24-25,29H,13-18,22-23H2,1-3H3. The maximum atomic E-state index is 13.5. The second-order valence-electron chi connectivity index (χ2n) is 11.9. The van der Waals surface area contributed by atoms with Crippen LogP contribution in [0.3, 0.4) is 0 Å². The molecule has 0 N–H and O–H groups in total. The first-order valence-electron chi connectivity index (χ1n) is 15.1. The maximum Gasteiger partial charge on any atom is 0.166 e. The number of hydrogen-bond donors (Lipinski definition) is 0. The van der Waals surface area contributed by atoms with Crippen LogP contribution in [0.25, 0.3) is 10.9 Å². The number of carbonyl (C=O) groups is 1. The number of nitrogens with zero attached hydrogens (tertiary/aromatic N) is 2. The third-order valence-corrected chi connectivity index (χ3v) is 8.98. The van der Waals surface area contributed by atoms with Crippen molar-refractivity contribution in [2.75, 3.05) is 33.9 Å². The molecule has 1 aliphatic carbocycles. The fraction of sp³-hybridized carbons (Fsp3) is 0.389. The number of methoxy groups -OCH3 is 2. The summed E-state index contributed by atoms with van der Waals surface area (Å²) < 4.78 is 17.3. The molecule has 0 saturated carbocycles. The Bertz CT molecular complexity index is 1550. The topological polar surface area (TPSA) is 60.9 Å². The summed E-state index contributed by atoms with van der Waals surface area (Å²) in [6, 6.07) is 24.6. The molecule has 0 amide bonds. The minimum Gasteiger partial charge on any atom is -0.497 e. The molecule has 1 saturated heterocycles. The van der Waals surface area contributed by atoms with Gasteiger partial charge in [-0.1, -0.05) is 43.3 Å². The summed E-state index contributed by atoms with van der Waals surface area (Å²) in [5, 5.41) is 1.04. The summed E-state index contributed by atoms with van der Waals surface area (Å²) in [4.78, 5) is 20.9. The van der Waals surface area contributed by atoms with Crippen LogP contribution in [0.1, 0.15) is 59.3 Å². The molecule has 2 atom stereocenters. The minimum atomic E-state index is 0.0463. The molecule has 0 radical (unpaired) electrons. The summed E-state index contributed by atoms with van der Waals surface area (Å²) in [6.45, 7) is 5.73. The highest BCUT2D eigenvalue weighted by Gasteiger charge is 2.34. The number of piperidine rings is 1. The lowest BCUT2D eigenvalue weighted by molar-refractivity contribution is 0.0895. The Kier molecular flexibility index (Phi) is 8.43. The Morgan fingerprint density at radius 1 is 0.929 bits per heavy atom. The van der Waals surface area contributed by atoms with Crippen molar-refractivity contribution in [1.29, 1.82) is 0 Å². The lowest BCUT2D eigenvalue weighted by Crippen LogP contribution is -2.34.